The average Bonchev–Trinajstić information content (AvgIpc) is 2.62. The maximum Gasteiger partial charge on any atom is 0.366 e. The van der Waals surface area contributed by atoms with E-state index in [-0.39, 0.29) is 24.5 Å². The predicted octanol–water partition coefficient (Wildman–Crippen LogP) is 0.229. The SMILES string of the molecule is CN(CCC(=O)O)c1cn[nH]c1[N+](=O)[O-]. The van der Waals surface area contributed by atoms with Gasteiger partial charge in [-0.05, 0) is 4.92 Å². The van der Waals surface area contributed by atoms with Crippen LogP contribution in [0.2, 0.25) is 0 Å². The van der Waals surface area contributed by atoms with Gasteiger partial charge < -0.3 is 20.1 Å². The van der Waals surface area contributed by atoms with E-state index in [4.69, 9.17) is 5.11 Å². The number of carboxylic acids is 1. The molecule has 0 aliphatic heterocycles. The predicted molar refractivity (Wildman–Crippen MR) is 50.8 cm³/mol. The Bertz CT molecular complexity index is 375. The summed E-state index contributed by atoms with van der Waals surface area (Å²) >= 11 is 0. The maximum atomic E-state index is 10.5. The van der Waals surface area contributed by atoms with Crippen LogP contribution in [0, 0.1) is 10.1 Å². The van der Waals surface area contributed by atoms with Crippen LogP contribution in [0.4, 0.5) is 11.5 Å². The molecule has 1 heterocycles. The van der Waals surface area contributed by atoms with Gasteiger partial charge in [-0.2, -0.15) is 0 Å². The van der Waals surface area contributed by atoms with Gasteiger partial charge in [-0.25, -0.2) is 0 Å². The van der Waals surface area contributed by atoms with Crippen molar-refractivity contribution < 1.29 is 14.8 Å². The largest absolute Gasteiger partial charge is 0.481 e. The van der Waals surface area contributed by atoms with E-state index in [1.807, 2.05) is 0 Å². The highest BCUT2D eigenvalue weighted by atomic mass is 16.6. The number of aromatic amines is 1. The fourth-order valence-electron chi connectivity index (χ4n) is 1.07. The van der Waals surface area contributed by atoms with E-state index >= 15 is 0 Å². The number of anilines is 1. The molecule has 0 atom stereocenters. The summed E-state index contributed by atoms with van der Waals surface area (Å²) in [5, 5.41) is 24.7. The molecule has 0 saturated carbocycles. The Balaban J connectivity index is 2.73. The van der Waals surface area contributed by atoms with Crippen LogP contribution < -0.4 is 4.90 Å². The molecular weight excluding hydrogens is 204 g/mol. The van der Waals surface area contributed by atoms with Crippen molar-refractivity contribution in [3.8, 4) is 0 Å². The highest BCUT2D eigenvalue weighted by Gasteiger charge is 2.18. The molecule has 2 N–H and O–H groups in total. The number of rotatable bonds is 5. The molecule has 0 aromatic carbocycles. The van der Waals surface area contributed by atoms with Crippen molar-refractivity contribution >= 4 is 17.5 Å². The molecule has 0 radical (unpaired) electrons. The lowest BCUT2D eigenvalue weighted by Crippen LogP contribution is -2.21. The first-order chi connectivity index (χ1) is 7.02. The highest BCUT2D eigenvalue weighted by molar-refractivity contribution is 5.68. The third-order valence-electron chi connectivity index (χ3n) is 1.85. The second-order valence-electron chi connectivity index (χ2n) is 2.93. The van der Waals surface area contributed by atoms with Crippen molar-refractivity contribution in [2.45, 2.75) is 6.42 Å². The van der Waals surface area contributed by atoms with E-state index in [1.165, 1.54) is 11.1 Å². The zero-order chi connectivity index (χ0) is 11.4. The number of carboxylic acid groups (broad SMARTS) is 1. The molecule has 0 spiro atoms. The Morgan fingerprint density at radius 3 is 3.00 bits per heavy atom. The van der Waals surface area contributed by atoms with Gasteiger partial charge in [0, 0.05) is 13.6 Å². The third-order valence-corrected chi connectivity index (χ3v) is 1.85. The molecule has 15 heavy (non-hydrogen) atoms. The molecule has 0 saturated heterocycles. The van der Waals surface area contributed by atoms with Crippen LogP contribution in [0.15, 0.2) is 6.20 Å². The first kappa shape index (κ1) is 11.0. The summed E-state index contributed by atoms with van der Waals surface area (Å²) < 4.78 is 0. The monoisotopic (exact) mass is 214 g/mol. The molecular formula is C7H10N4O4. The van der Waals surface area contributed by atoms with Crippen molar-refractivity contribution in [3.63, 3.8) is 0 Å². The fourth-order valence-corrected chi connectivity index (χ4v) is 1.07. The summed E-state index contributed by atoms with van der Waals surface area (Å²) in [5.41, 5.74) is 0.279. The van der Waals surface area contributed by atoms with Crippen LogP contribution in [-0.2, 0) is 4.79 Å². The summed E-state index contributed by atoms with van der Waals surface area (Å²) in [6.45, 7) is 0.190. The minimum absolute atomic E-state index is 0.0845. The van der Waals surface area contributed by atoms with Gasteiger partial charge in [0.15, 0.2) is 5.69 Å². The Morgan fingerprint density at radius 1 is 1.80 bits per heavy atom. The van der Waals surface area contributed by atoms with Crippen molar-refractivity contribution in [2.75, 3.05) is 18.5 Å². The van der Waals surface area contributed by atoms with Gasteiger partial charge in [-0.15, -0.1) is 5.10 Å². The van der Waals surface area contributed by atoms with Gasteiger partial charge in [-0.3, -0.25) is 4.79 Å². The van der Waals surface area contributed by atoms with Gasteiger partial charge in [0.2, 0.25) is 0 Å². The van der Waals surface area contributed by atoms with Gasteiger partial charge in [0.05, 0.1) is 6.42 Å². The van der Waals surface area contributed by atoms with Crippen LogP contribution in [-0.4, -0.2) is 39.8 Å². The van der Waals surface area contributed by atoms with E-state index < -0.39 is 10.9 Å². The Morgan fingerprint density at radius 2 is 2.47 bits per heavy atom. The fraction of sp³-hybridized carbons (Fsp3) is 0.429. The van der Waals surface area contributed by atoms with E-state index in [2.05, 4.69) is 10.2 Å². The number of nitrogens with zero attached hydrogens (tertiary/aromatic N) is 3. The van der Waals surface area contributed by atoms with Crippen LogP contribution in [0.3, 0.4) is 0 Å². The van der Waals surface area contributed by atoms with Gasteiger partial charge >= 0.3 is 11.8 Å². The number of aromatic nitrogens is 2. The number of H-pyrrole nitrogens is 1. The van der Waals surface area contributed by atoms with Gasteiger partial charge in [-0.1, -0.05) is 5.10 Å². The van der Waals surface area contributed by atoms with E-state index in [0.29, 0.717) is 0 Å². The molecule has 0 aliphatic rings. The Kier molecular flexibility index (Phi) is 3.21. The van der Waals surface area contributed by atoms with Crippen molar-refractivity contribution in [1.82, 2.24) is 10.2 Å². The zero-order valence-electron chi connectivity index (χ0n) is 8.01. The lowest BCUT2D eigenvalue weighted by molar-refractivity contribution is -0.388. The number of hydrogen-bond donors (Lipinski definition) is 2. The summed E-state index contributed by atoms with van der Waals surface area (Å²) in [7, 11) is 1.57. The van der Waals surface area contributed by atoms with Gasteiger partial charge in [0.25, 0.3) is 0 Å². The first-order valence-electron chi connectivity index (χ1n) is 4.13. The number of carbonyl (C=O) groups is 1. The molecule has 0 unspecified atom stereocenters. The van der Waals surface area contributed by atoms with E-state index in [1.54, 1.807) is 7.05 Å². The second-order valence-corrected chi connectivity index (χ2v) is 2.93. The minimum Gasteiger partial charge on any atom is -0.481 e. The third kappa shape index (κ3) is 2.66. The van der Waals surface area contributed by atoms with Crippen molar-refractivity contribution in [2.24, 2.45) is 0 Å². The van der Waals surface area contributed by atoms with Crippen LogP contribution in [0.5, 0.6) is 0 Å². The maximum absolute atomic E-state index is 10.5. The lowest BCUT2D eigenvalue weighted by atomic mass is 10.3. The lowest BCUT2D eigenvalue weighted by Gasteiger charge is -2.14. The smallest absolute Gasteiger partial charge is 0.366 e. The van der Waals surface area contributed by atoms with Crippen molar-refractivity contribution in [3.05, 3.63) is 16.3 Å². The Labute approximate surface area is 84.7 Å². The molecule has 8 nitrogen and oxygen atoms in total. The average molecular weight is 214 g/mol. The quantitative estimate of drug-likeness (QED) is 0.535. The molecule has 1 aromatic heterocycles. The summed E-state index contributed by atoms with van der Waals surface area (Å²) in [4.78, 5) is 21.7. The number of nitrogens with one attached hydrogen (secondary N) is 1. The van der Waals surface area contributed by atoms with Crippen LogP contribution in [0.1, 0.15) is 6.42 Å². The van der Waals surface area contributed by atoms with E-state index in [9.17, 15) is 14.9 Å². The summed E-state index contributed by atoms with van der Waals surface area (Å²) in [6, 6.07) is 0. The molecule has 0 fully saturated rings. The van der Waals surface area contributed by atoms with Crippen LogP contribution in [0.25, 0.3) is 0 Å². The minimum atomic E-state index is -0.951. The summed E-state index contributed by atoms with van der Waals surface area (Å²) in [6.07, 6.45) is 1.21. The molecule has 0 bridgehead atoms. The molecule has 0 aliphatic carbocycles. The molecule has 8 heteroatoms. The standard InChI is InChI=1S/C7H10N4O4/c1-10(3-2-6(12)13)5-4-8-9-7(5)11(14)15/h4H,2-3H2,1H3,(H,8,9)(H,12,13). The molecule has 82 valence electrons. The summed E-state index contributed by atoms with van der Waals surface area (Å²) in [5.74, 6) is -1.18. The zero-order valence-corrected chi connectivity index (χ0v) is 8.01. The highest BCUT2D eigenvalue weighted by Crippen LogP contribution is 2.23. The number of aliphatic carboxylic acids is 1. The number of hydrogen-bond acceptors (Lipinski definition) is 5. The Hall–Kier alpha value is -2.12. The van der Waals surface area contributed by atoms with Crippen LogP contribution >= 0.6 is 0 Å². The molecule has 1 rings (SSSR count). The normalized spacial score (nSPS) is 9.93. The van der Waals surface area contributed by atoms with E-state index in [0.717, 1.165) is 0 Å². The molecule has 1 aromatic rings. The van der Waals surface area contributed by atoms with Gasteiger partial charge in [0.1, 0.15) is 6.20 Å². The number of nitro groups is 1. The topological polar surface area (TPSA) is 112 Å². The molecule has 0 amide bonds. The van der Waals surface area contributed by atoms with Crippen molar-refractivity contribution in [1.29, 1.82) is 0 Å². The first-order valence-corrected chi connectivity index (χ1v) is 4.13. The second kappa shape index (κ2) is 4.40.